The monoisotopic (exact) mass is 188 g/mol. The Morgan fingerprint density at radius 1 is 1.29 bits per heavy atom. The summed E-state index contributed by atoms with van der Waals surface area (Å²) in [4.78, 5) is 4.59. The molecule has 0 aliphatic heterocycles. The van der Waals surface area contributed by atoms with E-state index in [1.807, 2.05) is 0 Å². The summed E-state index contributed by atoms with van der Waals surface area (Å²) < 4.78 is 2.29. The summed E-state index contributed by atoms with van der Waals surface area (Å²) in [6.07, 6.45) is 1.15. The van der Waals surface area contributed by atoms with E-state index in [2.05, 4.69) is 48.5 Å². The Balaban J connectivity index is 2.70. The molecule has 0 radical (unpaired) electrons. The molecular weight excluding hydrogens is 172 g/mol. The lowest BCUT2D eigenvalue weighted by Gasteiger charge is -2.03. The third-order valence-corrected chi connectivity index (χ3v) is 2.62. The number of aryl methyl sites for hydroxylation is 3. The fraction of sp³-hybridized carbons (Fsp3) is 0.417. The lowest BCUT2D eigenvalue weighted by atomic mass is 10.2. The fourth-order valence-electron chi connectivity index (χ4n) is 1.91. The molecule has 0 bridgehead atoms. The van der Waals surface area contributed by atoms with E-state index < -0.39 is 0 Å². The minimum absolute atomic E-state index is 1.06. The van der Waals surface area contributed by atoms with Crippen molar-refractivity contribution < 1.29 is 0 Å². The number of benzene rings is 1. The first kappa shape index (κ1) is 9.25. The minimum atomic E-state index is 1.06. The van der Waals surface area contributed by atoms with Gasteiger partial charge in [-0.2, -0.15) is 0 Å². The molecule has 74 valence electrons. The van der Waals surface area contributed by atoms with Gasteiger partial charge < -0.3 is 4.57 Å². The maximum absolute atomic E-state index is 4.59. The predicted octanol–water partition coefficient (Wildman–Crippen LogP) is 3.06. The molecule has 1 aromatic carbocycles. The summed E-state index contributed by atoms with van der Waals surface area (Å²) in [7, 11) is 0. The molecule has 1 aromatic heterocycles. The number of para-hydroxylation sites is 1. The van der Waals surface area contributed by atoms with E-state index in [0.717, 1.165) is 24.3 Å². The molecule has 0 aliphatic rings. The van der Waals surface area contributed by atoms with Crippen molar-refractivity contribution in [1.82, 2.24) is 9.55 Å². The van der Waals surface area contributed by atoms with Crippen LogP contribution in [0.25, 0.3) is 11.0 Å². The van der Waals surface area contributed by atoms with Gasteiger partial charge in [0.1, 0.15) is 5.82 Å². The van der Waals surface area contributed by atoms with Gasteiger partial charge in [0, 0.05) is 6.54 Å². The molecule has 2 aromatic rings. The summed E-state index contributed by atoms with van der Waals surface area (Å²) in [6, 6.07) is 6.37. The minimum Gasteiger partial charge on any atom is -0.328 e. The normalized spacial score (nSPS) is 11.1. The number of hydrogen-bond acceptors (Lipinski definition) is 1. The standard InChI is InChI=1S/C12H16N2/c1-4-8-14-10(3)13-12-9(2)6-5-7-11(12)14/h5-7H,4,8H2,1-3H3. The molecule has 0 saturated heterocycles. The van der Waals surface area contributed by atoms with Gasteiger partial charge in [0.15, 0.2) is 0 Å². The molecular formula is C12H16N2. The van der Waals surface area contributed by atoms with Crippen LogP contribution >= 0.6 is 0 Å². The molecule has 0 atom stereocenters. The van der Waals surface area contributed by atoms with E-state index in [1.54, 1.807) is 0 Å². The van der Waals surface area contributed by atoms with E-state index >= 15 is 0 Å². The lowest BCUT2D eigenvalue weighted by Crippen LogP contribution is -1.98. The highest BCUT2D eigenvalue weighted by Crippen LogP contribution is 2.19. The first-order valence-electron chi connectivity index (χ1n) is 5.16. The molecule has 2 heteroatoms. The van der Waals surface area contributed by atoms with Crippen LogP contribution in [-0.4, -0.2) is 9.55 Å². The third-order valence-electron chi connectivity index (χ3n) is 2.62. The predicted molar refractivity (Wildman–Crippen MR) is 59.5 cm³/mol. The van der Waals surface area contributed by atoms with Crippen molar-refractivity contribution in [3.63, 3.8) is 0 Å². The van der Waals surface area contributed by atoms with Gasteiger partial charge in [0.25, 0.3) is 0 Å². The topological polar surface area (TPSA) is 17.8 Å². The highest BCUT2D eigenvalue weighted by atomic mass is 15.1. The lowest BCUT2D eigenvalue weighted by molar-refractivity contribution is 0.676. The summed E-state index contributed by atoms with van der Waals surface area (Å²) in [5.74, 6) is 1.12. The zero-order chi connectivity index (χ0) is 10.1. The van der Waals surface area contributed by atoms with Crippen LogP contribution in [0.3, 0.4) is 0 Å². The van der Waals surface area contributed by atoms with E-state index in [9.17, 15) is 0 Å². The van der Waals surface area contributed by atoms with E-state index in [4.69, 9.17) is 0 Å². The smallest absolute Gasteiger partial charge is 0.106 e. The van der Waals surface area contributed by atoms with Gasteiger partial charge in [-0.15, -0.1) is 0 Å². The van der Waals surface area contributed by atoms with Crippen molar-refractivity contribution in [3.05, 3.63) is 29.6 Å². The third kappa shape index (κ3) is 1.31. The van der Waals surface area contributed by atoms with E-state index in [1.165, 1.54) is 11.1 Å². The largest absolute Gasteiger partial charge is 0.328 e. The maximum Gasteiger partial charge on any atom is 0.106 e. The fourth-order valence-corrected chi connectivity index (χ4v) is 1.91. The van der Waals surface area contributed by atoms with E-state index in [0.29, 0.717) is 0 Å². The molecule has 14 heavy (non-hydrogen) atoms. The zero-order valence-corrected chi connectivity index (χ0v) is 9.04. The highest BCUT2D eigenvalue weighted by Gasteiger charge is 2.07. The van der Waals surface area contributed by atoms with Crippen molar-refractivity contribution in [2.24, 2.45) is 0 Å². The van der Waals surface area contributed by atoms with Crippen molar-refractivity contribution in [2.45, 2.75) is 33.7 Å². The molecule has 1 heterocycles. The Labute approximate surface area is 84.6 Å². The molecule has 2 rings (SSSR count). The number of nitrogens with zero attached hydrogens (tertiary/aromatic N) is 2. The van der Waals surface area contributed by atoms with Crippen LogP contribution < -0.4 is 0 Å². The Bertz CT molecular complexity index is 455. The molecule has 0 saturated carbocycles. The average Bonchev–Trinajstić information content (AvgIpc) is 2.47. The van der Waals surface area contributed by atoms with Crippen LogP contribution in [0.1, 0.15) is 24.7 Å². The molecule has 2 nitrogen and oxygen atoms in total. The Morgan fingerprint density at radius 2 is 2.07 bits per heavy atom. The molecule has 0 fully saturated rings. The van der Waals surface area contributed by atoms with Gasteiger partial charge >= 0.3 is 0 Å². The van der Waals surface area contributed by atoms with Crippen molar-refractivity contribution in [3.8, 4) is 0 Å². The van der Waals surface area contributed by atoms with Crippen molar-refractivity contribution in [1.29, 1.82) is 0 Å². The number of rotatable bonds is 2. The van der Waals surface area contributed by atoms with Gasteiger partial charge in [0.2, 0.25) is 0 Å². The quantitative estimate of drug-likeness (QED) is 0.708. The molecule has 0 N–H and O–H groups in total. The van der Waals surface area contributed by atoms with Gasteiger partial charge in [-0.05, 0) is 31.9 Å². The van der Waals surface area contributed by atoms with Crippen molar-refractivity contribution >= 4 is 11.0 Å². The Morgan fingerprint density at radius 3 is 2.79 bits per heavy atom. The summed E-state index contributed by atoms with van der Waals surface area (Å²) >= 11 is 0. The van der Waals surface area contributed by atoms with Crippen LogP contribution in [0, 0.1) is 13.8 Å². The van der Waals surface area contributed by atoms with Gasteiger partial charge in [-0.1, -0.05) is 19.1 Å². The first-order valence-corrected chi connectivity index (χ1v) is 5.16. The van der Waals surface area contributed by atoms with Crippen LogP contribution in [0.2, 0.25) is 0 Å². The summed E-state index contributed by atoms with van der Waals surface area (Å²) in [5, 5.41) is 0. The van der Waals surface area contributed by atoms with E-state index in [-0.39, 0.29) is 0 Å². The molecule has 0 unspecified atom stereocenters. The zero-order valence-electron chi connectivity index (χ0n) is 9.04. The van der Waals surface area contributed by atoms with Crippen LogP contribution in [0.4, 0.5) is 0 Å². The number of fused-ring (bicyclic) bond motifs is 1. The second kappa shape index (κ2) is 3.45. The highest BCUT2D eigenvalue weighted by molar-refractivity contribution is 5.79. The second-order valence-electron chi connectivity index (χ2n) is 3.75. The number of hydrogen-bond donors (Lipinski definition) is 0. The maximum atomic E-state index is 4.59. The SMILES string of the molecule is CCCn1c(C)nc2c(C)cccc21. The van der Waals surface area contributed by atoms with Crippen molar-refractivity contribution in [2.75, 3.05) is 0 Å². The summed E-state index contributed by atoms with van der Waals surface area (Å²) in [5.41, 5.74) is 3.68. The Hall–Kier alpha value is -1.31. The number of aromatic nitrogens is 2. The Kier molecular flexibility index (Phi) is 2.28. The second-order valence-corrected chi connectivity index (χ2v) is 3.75. The van der Waals surface area contributed by atoms with Crippen LogP contribution in [0.15, 0.2) is 18.2 Å². The molecule has 0 aliphatic carbocycles. The van der Waals surface area contributed by atoms with Gasteiger partial charge in [-0.3, -0.25) is 0 Å². The van der Waals surface area contributed by atoms with Crippen LogP contribution in [-0.2, 0) is 6.54 Å². The van der Waals surface area contributed by atoms with Crippen LogP contribution in [0.5, 0.6) is 0 Å². The average molecular weight is 188 g/mol. The van der Waals surface area contributed by atoms with Gasteiger partial charge in [-0.25, -0.2) is 4.98 Å². The molecule has 0 spiro atoms. The molecule has 0 amide bonds. The van der Waals surface area contributed by atoms with Gasteiger partial charge in [0.05, 0.1) is 11.0 Å². The summed E-state index contributed by atoms with van der Waals surface area (Å²) in [6.45, 7) is 7.45. The number of imidazole rings is 1. The first-order chi connectivity index (χ1) is 6.74.